The van der Waals surface area contributed by atoms with Crippen LogP contribution in [0.2, 0.25) is 0 Å². The molecule has 1 aromatic carbocycles. The summed E-state index contributed by atoms with van der Waals surface area (Å²) in [5, 5.41) is 9.13. The molecule has 1 unspecified atom stereocenters. The second kappa shape index (κ2) is 3.03. The number of aromatic hydroxyl groups is 1. The first kappa shape index (κ1) is 7.56. The number of aryl methyl sites for hydroxylation is 1. The fraction of sp³-hybridized carbons (Fsp3) is 0.250. The monoisotopic (exact) mass is 154 g/mol. The lowest BCUT2D eigenvalue weighted by atomic mass is 10.1. The van der Waals surface area contributed by atoms with Crippen LogP contribution in [-0.4, -0.2) is 5.11 Å². The van der Waals surface area contributed by atoms with Gasteiger partial charge in [0, 0.05) is 0 Å². The average Bonchev–Trinajstić information content (AvgIpc) is 1.95. The molecule has 0 aliphatic carbocycles. The van der Waals surface area contributed by atoms with E-state index in [4.69, 9.17) is 5.11 Å². The van der Waals surface area contributed by atoms with E-state index in [0.29, 0.717) is 5.75 Å². The molecule has 0 fully saturated rings. The Morgan fingerprint density at radius 2 is 2.20 bits per heavy atom. The maximum atomic E-state index is 9.13. The molecule has 1 N–H and O–H groups in total. The number of phenols is 1. The van der Waals surface area contributed by atoms with Crippen LogP contribution in [0.1, 0.15) is 11.1 Å². The van der Waals surface area contributed by atoms with Crippen molar-refractivity contribution in [3.8, 4) is 5.75 Å². The van der Waals surface area contributed by atoms with Gasteiger partial charge in [-0.25, -0.2) is 0 Å². The van der Waals surface area contributed by atoms with E-state index in [2.05, 4.69) is 9.24 Å². The normalized spacial score (nSPS) is 9.80. The molecule has 0 aliphatic rings. The van der Waals surface area contributed by atoms with Crippen LogP contribution in [0.3, 0.4) is 0 Å². The second-order valence-corrected chi connectivity index (χ2v) is 2.73. The first-order chi connectivity index (χ1) is 4.74. The van der Waals surface area contributed by atoms with Crippen molar-refractivity contribution in [2.75, 3.05) is 0 Å². The van der Waals surface area contributed by atoms with Crippen molar-refractivity contribution in [2.24, 2.45) is 0 Å². The molecule has 0 saturated carbocycles. The third-order valence-electron chi connectivity index (χ3n) is 1.50. The van der Waals surface area contributed by atoms with Crippen LogP contribution in [-0.2, 0) is 6.16 Å². The number of benzene rings is 1. The molecule has 1 atom stereocenters. The van der Waals surface area contributed by atoms with Crippen LogP contribution in [0, 0.1) is 6.92 Å². The van der Waals surface area contributed by atoms with Gasteiger partial charge in [0.1, 0.15) is 5.75 Å². The quantitative estimate of drug-likeness (QED) is 0.614. The van der Waals surface area contributed by atoms with Crippen molar-refractivity contribution in [2.45, 2.75) is 13.1 Å². The smallest absolute Gasteiger partial charge is 0.118 e. The minimum atomic E-state index is 0.377. The van der Waals surface area contributed by atoms with Crippen molar-refractivity contribution >= 4 is 9.24 Å². The van der Waals surface area contributed by atoms with Gasteiger partial charge < -0.3 is 5.11 Å². The van der Waals surface area contributed by atoms with Crippen molar-refractivity contribution in [1.82, 2.24) is 0 Å². The summed E-state index contributed by atoms with van der Waals surface area (Å²) in [7, 11) is 2.65. The third-order valence-corrected chi connectivity index (χ3v) is 1.97. The maximum Gasteiger partial charge on any atom is 0.118 e. The molecule has 2 heteroatoms. The molecule has 1 aromatic rings. The van der Waals surface area contributed by atoms with Crippen molar-refractivity contribution < 1.29 is 5.11 Å². The molecule has 0 radical (unpaired) electrons. The van der Waals surface area contributed by atoms with Gasteiger partial charge in [-0.1, -0.05) is 12.1 Å². The fourth-order valence-electron chi connectivity index (χ4n) is 0.845. The second-order valence-electron chi connectivity index (χ2n) is 2.32. The highest BCUT2D eigenvalue weighted by atomic mass is 31.0. The molecular weight excluding hydrogens is 143 g/mol. The minimum absolute atomic E-state index is 0.377. The van der Waals surface area contributed by atoms with Crippen molar-refractivity contribution in [3.63, 3.8) is 0 Å². The Morgan fingerprint density at radius 3 is 2.70 bits per heavy atom. The van der Waals surface area contributed by atoms with E-state index in [1.807, 2.05) is 19.1 Å². The summed E-state index contributed by atoms with van der Waals surface area (Å²) in [4.78, 5) is 0. The van der Waals surface area contributed by atoms with E-state index >= 15 is 0 Å². The predicted molar refractivity (Wildman–Crippen MR) is 46.3 cm³/mol. The molecule has 1 nitrogen and oxygen atoms in total. The number of phenolic OH excluding ortho intramolecular Hbond substituents is 1. The van der Waals surface area contributed by atoms with Gasteiger partial charge in [0.05, 0.1) is 0 Å². The van der Waals surface area contributed by atoms with Crippen LogP contribution in [0.4, 0.5) is 0 Å². The van der Waals surface area contributed by atoms with E-state index in [0.717, 1.165) is 11.7 Å². The van der Waals surface area contributed by atoms with E-state index < -0.39 is 0 Å². The SMILES string of the molecule is Cc1cc(CP)ccc1O. The Bertz CT molecular complexity index is 233. The largest absolute Gasteiger partial charge is 0.508 e. The van der Waals surface area contributed by atoms with Gasteiger partial charge in [0.15, 0.2) is 0 Å². The number of hydrogen-bond donors (Lipinski definition) is 1. The molecule has 54 valence electrons. The summed E-state index contributed by atoms with van der Waals surface area (Å²) in [6.07, 6.45) is 0.946. The summed E-state index contributed by atoms with van der Waals surface area (Å²) in [5.74, 6) is 0.377. The van der Waals surface area contributed by atoms with Gasteiger partial charge in [-0.3, -0.25) is 0 Å². The zero-order valence-corrected chi connectivity index (χ0v) is 7.12. The van der Waals surface area contributed by atoms with Crippen LogP contribution < -0.4 is 0 Å². The molecule has 1 rings (SSSR count). The Morgan fingerprint density at radius 1 is 1.50 bits per heavy atom. The van der Waals surface area contributed by atoms with Crippen molar-refractivity contribution in [3.05, 3.63) is 29.3 Å². The molecule has 0 bridgehead atoms. The van der Waals surface area contributed by atoms with Gasteiger partial charge in [0.2, 0.25) is 0 Å². The number of rotatable bonds is 1. The van der Waals surface area contributed by atoms with Gasteiger partial charge >= 0.3 is 0 Å². The van der Waals surface area contributed by atoms with Crippen molar-refractivity contribution in [1.29, 1.82) is 0 Å². The lowest BCUT2D eigenvalue weighted by Gasteiger charge is -1.99. The molecular formula is C8H11OP. The van der Waals surface area contributed by atoms with Crippen LogP contribution >= 0.6 is 9.24 Å². The first-order valence-corrected chi connectivity index (χ1v) is 4.04. The zero-order valence-electron chi connectivity index (χ0n) is 5.96. The maximum absolute atomic E-state index is 9.13. The Balaban J connectivity index is 3.04. The van der Waals surface area contributed by atoms with E-state index in [1.54, 1.807) is 6.07 Å². The standard InChI is InChI=1S/C8H11OP/c1-6-4-7(5-10)2-3-8(6)9/h2-4,9H,5,10H2,1H3. The molecule has 0 heterocycles. The van der Waals surface area contributed by atoms with E-state index in [1.165, 1.54) is 5.56 Å². The zero-order chi connectivity index (χ0) is 7.56. The highest BCUT2D eigenvalue weighted by Gasteiger charge is 1.94. The van der Waals surface area contributed by atoms with E-state index in [9.17, 15) is 0 Å². The molecule has 0 aliphatic heterocycles. The van der Waals surface area contributed by atoms with Gasteiger partial charge in [0.25, 0.3) is 0 Å². The van der Waals surface area contributed by atoms with Crippen LogP contribution in [0.5, 0.6) is 5.75 Å². The molecule has 10 heavy (non-hydrogen) atoms. The van der Waals surface area contributed by atoms with Crippen LogP contribution in [0.15, 0.2) is 18.2 Å². The Hall–Kier alpha value is -0.550. The third kappa shape index (κ3) is 1.48. The Kier molecular flexibility index (Phi) is 2.29. The lowest BCUT2D eigenvalue weighted by Crippen LogP contribution is -1.79. The summed E-state index contributed by atoms with van der Waals surface area (Å²) < 4.78 is 0. The molecule has 0 amide bonds. The summed E-state index contributed by atoms with van der Waals surface area (Å²) in [6.45, 7) is 1.90. The first-order valence-electron chi connectivity index (χ1n) is 3.22. The molecule has 0 aromatic heterocycles. The highest BCUT2D eigenvalue weighted by Crippen LogP contribution is 2.18. The topological polar surface area (TPSA) is 20.2 Å². The summed E-state index contributed by atoms with van der Waals surface area (Å²) >= 11 is 0. The van der Waals surface area contributed by atoms with Gasteiger partial charge in [-0.15, -0.1) is 9.24 Å². The molecule has 0 saturated heterocycles. The predicted octanol–water partition coefficient (Wildman–Crippen LogP) is 2.08. The van der Waals surface area contributed by atoms with E-state index in [-0.39, 0.29) is 0 Å². The minimum Gasteiger partial charge on any atom is -0.508 e. The van der Waals surface area contributed by atoms with Gasteiger partial charge in [-0.2, -0.15) is 0 Å². The fourth-order valence-corrected chi connectivity index (χ4v) is 1.10. The highest BCUT2D eigenvalue weighted by molar-refractivity contribution is 7.15. The lowest BCUT2D eigenvalue weighted by molar-refractivity contribution is 0.471. The van der Waals surface area contributed by atoms with Crippen LogP contribution in [0.25, 0.3) is 0 Å². The summed E-state index contributed by atoms with van der Waals surface area (Å²) in [5.41, 5.74) is 2.18. The summed E-state index contributed by atoms with van der Waals surface area (Å²) in [6, 6.07) is 5.65. The number of hydrogen-bond acceptors (Lipinski definition) is 1. The average molecular weight is 154 g/mol. The Labute approximate surface area is 63.3 Å². The molecule has 0 spiro atoms. The van der Waals surface area contributed by atoms with Gasteiger partial charge in [-0.05, 0) is 30.3 Å².